The average molecular weight is 208 g/mol. The average Bonchev–Trinajstić information content (AvgIpc) is 2.21. The lowest BCUT2D eigenvalue weighted by molar-refractivity contribution is 0.218. The first-order valence-electron chi connectivity index (χ1n) is 5.19. The first-order valence-corrected chi connectivity index (χ1v) is 5.19. The molecule has 1 rings (SSSR count). The fourth-order valence-electron chi connectivity index (χ4n) is 1.84. The molecule has 0 aliphatic heterocycles. The van der Waals surface area contributed by atoms with Crippen molar-refractivity contribution in [1.29, 1.82) is 0 Å². The van der Waals surface area contributed by atoms with E-state index in [1.165, 1.54) is 11.1 Å². The van der Waals surface area contributed by atoms with Gasteiger partial charge in [-0.1, -0.05) is 19.9 Å². The van der Waals surface area contributed by atoms with Gasteiger partial charge in [-0.25, -0.2) is 0 Å². The van der Waals surface area contributed by atoms with Crippen molar-refractivity contribution < 1.29 is 9.84 Å². The molecule has 1 N–H and O–H groups in total. The Hall–Kier alpha value is -1.02. The van der Waals surface area contributed by atoms with Crippen LogP contribution in [0.2, 0.25) is 0 Å². The molecule has 84 valence electrons. The fourth-order valence-corrected chi connectivity index (χ4v) is 1.84. The van der Waals surface area contributed by atoms with Gasteiger partial charge in [0.25, 0.3) is 0 Å². The molecule has 0 saturated carbocycles. The minimum atomic E-state index is -0.193. The number of rotatable bonds is 3. The van der Waals surface area contributed by atoms with Crippen LogP contribution in [0.1, 0.15) is 30.5 Å². The molecular weight excluding hydrogens is 188 g/mol. The molecule has 0 amide bonds. The van der Waals surface area contributed by atoms with Gasteiger partial charge in [0.05, 0.1) is 13.7 Å². The molecule has 2 nitrogen and oxygen atoms in total. The predicted molar refractivity (Wildman–Crippen MR) is 62.6 cm³/mol. The smallest absolute Gasteiger partial charge is 0.122 e. The van der Waals surface area contributed by atoms with Gasteiger partial charge in [0, 0.05) is 5.41 Å². The van der Waals surface area contributed by atoms with Crippen LogP contribution in [-0.4, -0.2) is 18.8 Å². The van der Waals surface area contributed by atoms with Gasteiger partial charge in [0.2, 0.25) is 0 Å². The summed E-state index contributed by atoms with van der Waals surface area (Å²) < 4.78 is 5.26. The van der Waals surface area contributed by atoms with E-state index in [0.717, 1.165) is 11.3 Å². The maximum absolute atomic E-state index is 9.36. The number of hydrogen-bond acceptors (Lipinski definition) is 2. The topological polar surface area (TPSA) is 29.5 Å². The van der Waals surface area contributed by atoms with Crippen LogP contribution in [0.5, 0.6) is 5.75 Å². The zero-order valence-corrected chi connectivity index (χ0v) is 10.2. The van der Waals surface area contributed by atoms with Crippen molar-refractivity contribution in [2.75, 3.05) is 13.7 Å². The van der Waals surface area contributed by atoms with Crippen LogP contribution >= 0.6 is 0 Å². The van der Waals surface area contributed by atoms with Crippen molar-refractivity contribution in [2.45, 2.75) is 33.1 Å². The Morgan fingerprint density at radius 1 is 1.20 bits per heavy atom. The molecule has 1 aromatic rings. The third-order valence-corrected chi connectivity index (χ3v) is 3.08. The Kier molecular flexibility index (Phi) is 3.40. The monoisotopic (exact) mass is 208 g/mol. The number of aliphatic hydroxyl groups is 1. The quantitative estimate of drug-likeness (QED) is 0.827. The van der Waals surface area contributed by atoms with Gasteiger partial charge >= 0.3 is 0 Å². The summed E-state index contributed by atoms with van der Waals surface area (Å²) in [6, 6.07) is 4.01. The molecule has 0 saturated heterocycles. The summed E-state index contributed by atoms with van der Waals surface area (Å²) in [5, 5.41) is 9.36. The van der Waals surface area contributed by atoms with E-state index in [9.17, 15) is 5.11 Å². The van der Waals surface area contributed by atoms with Crippen molar-refractivity contribution >= 4 is 0 Å². The summed E-state index contributed by atoms with van der Waals surface area (Å²) in [4.78, 5) is 0. The molecular formula is C13H20O2. The maximum Gasteiger partial charge on any atom is 0.122 e. The Bertz CT molecular complexity index is 354. The van der Waals surface area contributed by atoms with E-state index in [2.05, 4.69) is 6.92 Å². The van der Waals surface area contributed by atoms with Gasteiger partial charge in [-0.3, -0.25) is 0 Å². The second kappa shape index (κ2) is 4.23. The first kappa shape index (κ1) is 12.1. The molecule has 15 heavy (non-hydrogen) atoms. The van der Waals surface area contributed by atoms with Crippen LogP contribution in [0.4, 0.5) is 0 Å². The third kappa shape index (κ3) is 2.15. The molecule has 0 bridgehead atoms. The summed E-state index contributed by atoms with van der Waals surface area (Å²) in [5.41, 5.74) is 3.34. The summed E-state index contributed by atoms with van der Waals surface area (Å²) in [7, 11) is 1.68. The standard InChI is InChI=1S/C13H20O2/c1-9-10(2)12(15-5)7-6-11(9)13(3,4)8-14/h6-7,14H,8H2,1-5H3. The van der Waals surface area contributed by atoms with Crippen molar-refractivity contribution in [3.05, 3.63) is 28.8 Å². The van der Waals surface area contributed by atoms with Crippen LogP contribution in [0, 0.1) is 13.8 Å². The van der Waals surface area contributed by atoms with Crippen LogP contribution < -0.4 is 4.74 Å². The molecule has 0 fully saturated rings. The zero-order chi connectivity index (χ0) is 11.6. The lowest BCUT2D eigenvalue weighted by Gasteiger charge is -2.26. The Balaban J connectivity index is 3.29. The molecule has 0 aromatic heterocycles. The number of ether oxygens (including phenoxy) is 1. The van der Waals surface area contributed by atoms with E-state index in [4.69, 9.17) is 4.74 Å². The fraction of sp³-hybridized carbons (Fsp3) is 0.538. The van der Waals surface area contributed by atoms with Gasteiger partial charge in [-0.15, -0.1) is 0 Å². The van der Waals surface area contributed by atoms with Gasteiger partial charge < -0.3 is 9.84 Å². The van der Waals surface area contributed by atoms with Crippen molar-refractivity contribution in [3.63, 3.8) is 0 Å². The van der Waals surface area contributed by atoms with E-state index < -0.39 is 0 Å². The van der Waals surface area contributed by atoms with E-state index in [0.29, 0.717) is 0 Å². The summed E-state index contributed by atoms with van der Waals surface area (Å²) >= 11 is 0. The summed E-state index contributed by atoms with van der Waals surface area (Å²) in [6.07, 6.45) is 0. The van der Waals surface area contributed by atoms with E-state index in [1.54, 1.807) is 7.11 Å². The molecule has 0 radical (unpaired) electrons. The molecule has 0 aliphatic rings. The number of methoxy groups -OCH3 is 1. The van der Waals surface area contributed by atoms with Crippen molar-refractivity contribution in [2.24, 2.45) is 0 Å². The lowest BCUT2D eigenvalue weighted by Crippen LogP contribution is -2.23. The van der Waals surface area contributed by atoms with Crippen LogP contribution in [0.3, 0.4) is 0 Å². The number of hydrogen-bond donors (Lipinski definition) is 1. The Morgan fingerprint density at radius 2 is 1.80 bits per heavy atom. The predicted octanol–water partition coefficient (Wildman–Crippen LogP) is 2.58. The highest BCUT2D eigenvalue weighted by Gasteiger charge is 2.22. The van der Waals surface area contributed by atoms with E-state index in [1.807, 2.05) is 32.9 Å². The van der Waals surface area contributed by atoms with Gasteiger partial charge in [0.15, 0.2) is 0 Å². The van der Waals surface area contributed by atoms with Crippen LogP contribution in [-0.2, 0) is 5.41 Å². The SMILES string of the molecule is COc1ccc(C(C)(C)CO)c(C)c1C. The van der Waals surface area contributed by atoms with Crippen molar-refractivity contribution in [1.82, 2.24) is 0 Å². The summed E-state index contributed by atoms with van der Waals surface area (Å²) in [5.74, 6) is 0.907. The lowest BCUT2D eigenvalue weighted by atomic mass is 9.81. The third-order valence-electron chi connectivity index (χ3n) is 3.08. The van der Waals surface area contributed by atoms with Crippen LogP contribution in [0.15, 0.2) is 12.1 Å². The summed E-state index contributed by atoms with van der Waals surface area (Å²) in [6.45, 7) is 8.36. The molecule has 0 unspecified atom stereocenters. The normalized spacial score (nSPS) is 11.6. The molecule has 0 heterocycles. The molecule has 0 aliphatic carbocycles. The van der Waals surface area contributed by atoms with Crippen LogP contribution in [0.25, 0.3) is 0 Å². The highest BCUT2D eigenvalue weighted by molar-refractivity contribution is 5.46. The Morgan fingerprint density at radius 3 is 2.27 bits per heavy atom. The molecule has 1 aromatic carbocycles. The molecule has 2 heteroatoms. The number of aliphatic hydroxyl groups excluding tert-OH is 1. The van der Waals surface area contributed by atoms with Gasteiger partial charge in [-0.05, 0) is 36.6 Å². The second-order valence-corrected chi connectivity index (χ2v) is 4.61. The first-order chi connectivity index (χ1) is 6.94. The number of benzene rings is 1. The maximum atomic E-state index is 9.36. The molecule has 0 spiro atoms. The van der Waals surface area contributed by atoms with Crippen molar-refractivity contribution in [3.8, 4) is 5.75 Å². The highest BCUT2D eigenvalue weighted by Crippen LogP contribution is 2.31. The largest absolute Gasteiger partial charge is 0.496 e. The minimum absolute atomic E-state index is 0.152. The Labute approximate surface area is 91.9 Å². The van der Waals surface area contributed by atoms with E-state index >= 15 is 0 Å². The zero-order valence-electron chi connectivity index (χ0n) is 10.2. The highest BCUT2D eigenvalue weighted by atomic mass is 16.5. The van der Waals surface area contributed by atoms with Gasteiger partial charge in [-0.2, -0.15) is 0 Å². The molecule has 0 atom stereocenters. The second-order valence-electron chi connectivity index (χ2n) is 4.61. The van der Waals surface area contributed by atoms with E-state index in [-0.39, 0.29) is 12.0 Å². The minimum Gasteiger partial charge on any atom is -0.496 e. The van der Waals surface area contributed by atoms with Gasteiger partial charge in [0.1, 0.15) is 5.75 Å².